The van der Waals surface area contributed by atoms with E-state index in [1.807, 2.05) is 140 Å². The van der Waals surface area contributed by atoms with Crippen LogP contribution in [0.2, 0.25) is 0 Å². The van der Waals surface area contributed by atoms with Gasteiger partial charge in [-0.3, -0.25) is 21.9 Å². The minimum absolute atomic E-state index is 0. The first-order chi connectivity index (χ1) is 45.2. The van der Waals surface area contributed by atoms with E-state index in [9.17, 15) is 24.4 Å². The second-order valence-corrected chi connectivity index (χ2v) is 25.1. The van der Waals surface area contributed by atoms with Gasteiger partial charge in [0.05, 0.1) is 18.2 Å². The van der Waals surface area contributed by atoms with Gasteiger partial charge < -0.3 is 80.8 Å². The van der Waals surface area contributed by atoms with Crippen molar-refractivity contribution in [1.29, 1.82) is 0 Å². The largest absolute Gasteiger partial charge is 2.00 e. The third-order valence-electron chi connectivity index (χ3n) is 11.2. The quantitative estimate of drug-likeness (QED) is 0.00580. The molecule has 11 N–H and O–H groups in total. The average Bonchev–Trinajstić information content (AvgIpc) is 1.59. The van der Waals surface area contributed by atoms with Gasteiger partial charge >= 0.3 is 49.4 Å². The van der Waals surface area contributed by atoms with Crippen molar-refractivity contribution in [2.45, 2.75) is 156 Å². The van der Waals surface area contributed by atoms with Crippen molar-refractivity contribution in [2.75, 3.05) is 34.0 Å². The van der Waals surface area contributed by atoms with Crippen molar-refractivity contribution in [3.8, 4) is 22.9 Å². The number of carbonyl (C=O) groups excluding carboxylic acids is 2. The molecule has 0 aliphatic carbocycles. The van der Waals surface area contributed by atoms with Crippen LogP contribution in [0.5, 0.6) is 0 Å². The molecule has 0 unspecified atom stereocenters. The van der Waals surface area contributed by atoms with Gasteiger partial charge in [0.1, 0.15) is 0 Å². The first-order valence-electron chi connectivity index (χ1n) is 30.0. The normalized spacial score (nSPS) is 9.86. The van der Waals surface area contributed by atoms with E-state index in [-0.39, 0.29) is 65.6 Å². The molecule has 7 rings (SSSR count). The molecule has 0 saturated heterocycles. The number of aryl methyl sites for hydroxylation is 7. The fraction of sp³-hybridized carbons (Fsp3) is 0.424. The van der Waals surface area contributed by atoms with Crippen molar-refractivity contribution in [3.05, 3.63) is 168 Å². The van der Waals surface area contributed by atoms with E-state index < -0.39 is 26.4 Å². The summed E-state index contributed by atoms with van der Waals surface area (Å²) >= 11 is 8.78. The summed E-state index contributed by atoms with van der Waals surface area (Å²) in [6.07, 6.45) is 2.34. The summed E-state index contributed by atoms with van der Waals surface area (Å²) in [6.45, 7) is 38.4. The molecule has 2 aromatic heterocycles. The zero-order valence-electron chi connectivity index (χ0n) is 60.1. The van der Waals surface area contributed by atoms with Crippen molar-refractivity contribution < 1.29 is 88.8 Å². The monoisotopic (exact) mass is 1850 g/mol. The Labute approximate surface area is 657 Å². The predicted molar refractivity (Wildman–Crippen MR) is 418 cm³/mol. The number of halogens is 5. The molecule has 0 bridgehead atoms. The van der Waals surface area contributed by atoms with E-state index in [0.29, 0.717) is 71.1 Å². The van der Waals surface area contributed by atoms with Crippen LogP contribution in [0.25, 0.3) is 22.9 Å². The standard InChI is InChI=1S/C10H11BN2O3.C10H9IN2O.C9H21BO3.C9H9IO2.C8H9IN2O.C8H7IO2.C8H18O3.C3H7.CH4O.ClH.Mg.H4N2/c1-6-3-4-8(5-9(6)11(14)15)10-13-12-7(2)16-10;1-6-3-4-8(5-9(6)11)10-13-12-7(2)14-10;1-7(2)11-10(12-8(3)4)13-9(5)6;1-6-3-4-7(5-8(6)10)9(11)12-2;1-5-2-3-6(4-7(5)9)8(12)11-10;1-5-2-3-6(8(10)11)4-7(5)9;1-5-9-8(4,10-6-2)11-7-3;1-3-2;1-2;;;1-2/h3-5,14-15H,1-2H3;3-5H,1-2H3;7-9H,1-6H3;3-5H,1-2H3;2-4H,10H2,1H3,(H,11,12);2-4H,1H3,(H,10,11);5-7H2,1-4H3;3H,1-2H3;2H,1H3;1H;;1-2H2/q;;;;;;;-1;;;+2;/p-1. The zero-order valence-corrected chi connectivity index (χ0v) is 70.9. The van der Waals surface area contributed by atoms with E-state index >= 15 is 0 Å². The topological polar surface area (TPSA) is 365 Å². The number of hydrogen-bond acceptors (Lipinski definition) is 22. The number of carboxylic acids is 1. The molecule has 0 saturated carbocycles. The van der Waals surface area contributed by atoms with Gasteiger partial charge in [-0.15, -0.1) is 20.4 Å². The number of benzene rings is 5. The van der Waals surface area contributed by atoms with E-state index in [1.54, 1.807) is 76.2 Å². The van der Waals surface area contributed by atoms with Crippen molar-refractivity contribution in [2.24, 2.45) is 17.5 Å². The van der Waals surface area contributed by atoms with E-state index in [0.717, 1.165) is 40.1 Å². The molecule has 1 amide bonds. The van der Waals surface area contributed by atoms with Gasteiger partial charge in [0.25, 0.3) is 11.9 Å². The number of methoxy groups -OCH3 is 1. The maximum absolute atomic E-state index is 11.1. The number of nitrogen functional groups attached to an aromatic ring is 1. The van der Waals surface area contributed by atoms with Gasteiger partial charge in [0, 0.05) is 97.0 Å². The average molecular weight is 1850 g/mol. The number of esters is 1. The van der Waals surface area contributed by atoms with Crippen LogP contribution >= 0.6 is 90.4 Å². The number of aromatic nitrogens is 4. The summed E-state index contributed by atoms with van der Waals surface area (Å²) in [5.41, 5.74) is 11.2. The minimum Gasteiger partial charge on any atom is -1.00 e. The summed E-state index contributed by atoms with van der Waals surface area (Å²) < 4.78 is 51.6. The first kappa shape index (κ1) is 103. The SMILES string of the molecule is CC(C)OB(OC(C)C)OC(C)C.CCOC(C)(OCC)OCC.CO.COC(=O)c1ccc(C)c(I)c1.C[CH-]C.Cc1ccc(C(=O)NN)cc1I.Cc1ccc(C(=O)O)cc1I.Cc1nnc(-c2ccc(C)c(B(O)O)c2)o1.Cc1nnc(-c2ccc(C)c(I)c2)o1.NN.[Cl-].[Mg+2]. The second-order valence-electron chi connectivity index (χ2n) is 20.4. The minimum atomic E-state index is -1.50. The molecule has 0 aliphatic heterocycles. The van der Waals surface area contributed by atoms with E-state index in [1.165, 1.54) is 21.8 Å². The number of hydrogen-bond donors (Lipinski definition) is 8. The Morgan fingerprint density at radius 1 is 0.571 bits per heavy atom. The number of aliphatic hydroxyl groups excluding tert-OH is 1. The number of carboxylic acid groups (broad SMARTS) is 1. The molecule has 0 atom stereocenters. The molecule has 32 heteroatoms. The maximum atomic E-state index is 11.1. The number of nitrogens with zero attached hydrogens (tertiary/aromatic N) is 4. The number of rotatable bonds is 18. The smallest absolute Gasteiger partial charge is 1.00 e. The fourth-order valence-corrected chi connectivity index (χ4v) is 8.72. The molecule has 0 spiro atoms. The zero-order chi connectivity index (χ0) is 74.4. The van der Waals surface area contributed by atoms with Crippen molar-refractivity contribution >= 4 is 151 Å². The molecule has 5 aromatic carbocycles. The Bertz CT molecular complexity index is 3200. The van der Waals surface area contributed by atoms with Gasteiger partial charge in [0.2, 0.25) is 23.6 Å². The molecular weight excluding hydrogens is 1750 g/mol. The number of amides is 1. The number of ether oxygens (including phenoxy) is 4. The molecule has 2 heterocycles. The van der Waals surface area contributed by atoms with Crippen LogP contribution in [-0.2, 0) is 32.9 Å². The van der Waals surface area contributed by atoms with Crippen LogP contribution < -0.4 is 40.8 Å². The third kappa shape index (κ3) is 44.7. The number of nitrogens with one attached hydrogen (secondary N) is 1. The second kappa shape index (κ2) is 58.9. The molecule has 24 nitrogen and oxygen atoms in total. The van der Waals surface area contributed by atoms with Crippen LogP contribution in [0.15, 0.2) is 99.8 Å². The van der Waals surface area contributed by atoms with Crippen LogP contribution in [0.1, 0.15) is 154 Å². The Hall–Kier alpha value is -3.58. The first-order valence-corrected chi connectivity index (χ1v) is 34.3. The number of hydrazine groups is 2. The molecule has 0 radical (unpaired) electrons. The van der Waals surface area contributed by atoms with Crippen LogP contribution in [0.3, 0.4) is 0 Å². The van der Waals surface area contributed by atoms with Crippen molar-refractivity contribution in [3.63, 3.8) is 0 Å². The maximum Gasteiger partial charge on any atom is 2.00 e. The molecule has 0 fully saturated rings. The van der Waals surface area contributed by atoms with Crippen LogP contribution in [0.4, 0.5) is 0 Å². The number of nitrogens with two attached hydrogens (primary N) is 3. The fourth-order valence-electron chi connectivity index (χ4n) is 6.66. The molecular formula is C66H99B2ClI4MgN8O16. The van der Waals surface area contributed by atoms with Gasteiger partial charge in [-0.1, -0.05) is 35.9 Å². The van der Waals surface area contributed by atoms with Gasteiger partial charge in [0.15, 0.2) is 0 Å². The summed E-state index contributed by atoms with van der Waals surface area (Å²) in [6, 6.07) is 27.3. The molecule has 98 heavy (non-hydrogen) atoms. The summed E-state index contributed by atoms with van der Waals surface area (Å²) in [5.74, 6) is 12.8. The number of aliphatic hydroxyl groups is 1. The summed E-state index contributed by atoms with van der Waals surface area (Å²) in [5, 5.41) is 49.3. The summed E-state index contributed by atoms with van der Waals surface area (Å²) in [4.78, 5) is 32.6. The third-order valence-corrected chi connectivity index (χ3v) is 15.9. The Balaban J connectivity index is -0.000000338. The Kier molecular flexibility index (Phi) is 61.9. The molecule has 0 aliphatic rings. The number of carbonyl (C=O) groups is 3. The molecule has 7 aromatic rings. The Morgan fingerprint density at radius 3 is 1.18 bits per heavy atom. The Morgan fingerprint density at radius 2 is 0.888 bits per heavy atom. The van der Waals surface area contributed by atoms with Gasteiger partial charge in [-0.05, 0) is 276 Å². The van der Waals surface area contributed by atoms with E-state index in [4.69, 9.17) is 53.1 Å². The van der Waals surface area contributed by atoms with Crippen molar-refractivity contribution in [1.82, 2.24) is 25.8 Å². The van der Waals surface area contributed by atoms with Crippen LogP contribution in [-0.4, -0.2) is 154 Å². The van der Waals surface area contributed by atoms with Gasteiger partial charge in [-0.25, -0.2) is 15.4 Å². The molecule has 542 valence electrons. The van der Waals surface area contributed by atoms with Gasteiger partial charge in [-0.2, -0.15) is 13.8 Å². The van der Waals surface area contributed by atoms with Crippen LogP contribution in [0, 0.1) is 69.2 Å². The summed E-state index contributed by atoms with van der Waals surface area (Å²) in [7, 11) is 0.346. The predicted octanol–water partition coefficient (Wildman–Crippen LogP) is 9.18. The number of aromatic carboxylic acids is 1. The van der Waals surface area contributed by atoms with E-state index in [2.05, 4.69) is 146 Å².